The molecular formula is C14H7N3O6. The highest BCUT2D eigenvalue weighted by Gasteiger charge is 2.16. The molecule has 0 radical (unpaired) electrons. The summed E-state index contributed by atoms with van der Waals surface area (Å²) in [6.45, 7) is 0. The number of nitrogens with zero attached hydrogens (tertiary/aromatic N) is 3. The molecule has 23 heavy (non-hydrogen) atoms. The molecule has 9 nitrogen and oxygen atoms in total. The summed E-state index contributed by atoms with van der Waals surface area (Å²) >= 11 is 0. The average Bonchev–Trinajstić information content (AvgIpc) is 3.01. The maximum absolute atomic E-state index is 12.2. The molecule has 0 aliphatic carbocycles. The van der Waals surface area contributed by atoms with E-state index in [9.17, 15) is 25.0 Å². The lowest BCUT2D eigenvalue weighted by molar-refractivity contribution is -0.402. The smallest absolute Gasteiger partial charge is 0.401 e. The average molecular weight is 313 g/mol. The van der Waals surface area contributed by atoms with Crippen molar-refractivity contribution in [3.8, 4) is 6.07 Å². The van der Waals surface area contributed by atoms with E-state index < -0.39 is 21.5 Å². The van der Waals surface area contributed by atoms with E-state index in [0.717, 1.165) is 24.3 Å². The number of ketones is 1. The van der Waals surface area contributed by atoms with Gasteiger partial charge in [0.15, 0.2) is 0 Å². The van der Waals surface area contributed by atoms with Gasteiger partial charge in [-0.3, -0.25) is 25.0 Å². The van der Waals surface area contributed by atoms with Crippen molar-refractivity contribution in [2.75, 3.05) is 0 Å². The minimum atomic E-state index is -0.748. The van der Waals surface area contributed by atoms with Crippen LogP contribution in [0.4, 0.5) is 11.6 Å². The number of non-ortho nitro benzene ring substituents is 1. The molecule has 0 aliphatic rings. The molecule has 0 unspecified atom stereocenters. The molecule has 0 fully saturated rings. The molecule has 1 aromatic heterocycles. The normalized spacial score (nSPS) is 10.8. The van der Waals surface area contributed by atoms with Crippen LogP contribution in [0.5, 0.6) is 0 Å². The number of hydrogen-bond acceptors (Lipinski definition) is 7. The second-order valence-corrected chi connectivity index (χ2v) is 4.24. The summed E-state index contributed by atoms with van der Waals surface area (Å²) in [5.74, 6) is -1.22. The Kier molecular flexibility index (Phi) is 4.28. The van der Waals surface area contributed by atoms with E-state index in [1.165, 1.54) is 18.2 Å². The van der Waals surface area contributed by atoms with E-state index in [1.807, 2.05) is 0 Å². The molecule has 9 heteroatoms. The van der Waals surface area contributed by atoms with Crippen LogP contribution in [-0.2, 0) is 0 Å². The van der Waals surface area contributed by atoms with Crippen molar-refractivity contribution in [3.05, 3.63) is 73.5 Å². The number of Topliss-reactive ketones (excluding diaryl/α,β-unsaturated/α-hetero) is 1. The van der Waals surface area contributed by atoms with Gasteiger partial charge in [-0.2, -0.15) is 5.26 Å². The monoisotopic (exact) mass is 313 g/mol. The van der Waals surface area contributed by atoms with Crippen molar-refractivity contribution < 1.29 is 19.1 Å². The van der Waals surface area contributed by atoms with Gasteiger partial charge in [0.05, 0.1) is 11.0 Å². The van der Waals surface area contributed by atoms with Gasteiger partial charge in [-0.05, 0) is 18.2 Å². The number of hydrogen-bond donors (Lipinski definition) is 0. The minimum Gasteiger partial charge on any atom is -0.401 e. The Morgan fingerprint density at radius 3 is 2.22 bits per heavy atom. The Bertz CT molecular complexity index is 857. The van der Waals surface area contributed by atoms with Crippen LogP contribution in [0, 0.1) is 31.6 Å². The summed E-state index contributed by atoms with van der Waals surface area (Å²) in [6.07, 6.45) is 1.07. The van der Waals surface area contributed by atoms with Crippen LogP contribution in [0.3, 0.4) is 0 Å². The third kappa shape index (κ3) is 3.45. The fourth-order valence-electron chi connectivity index (χ4n) is 1.70. The summed E-state index contributed by atoms with van der Waals surface area (Å²) in [6, 6.07) is 8.73. The van der Waals surface area contributed by atoms with Crippen molar-refractivity contribution in [1.82, 2.24) is 0 Å². The summed E-state index contributed by atoms with van der Waals surface area (Å²) in [7, 11) is 0. The molecule has 114 valence electrons. The van der Waals surface area contributed by atoms with Gasteiger partial charge < -0.3 is 4.42 Å². The highest BCUT2D eigenvalue weighted by molar-refractivity contribution is 6.13. The van der Waals surface area contributed by atoms with Crippen LogP contribution in [0.2, 0.25) is 0 Å². The number of carbonyl (C=O) groups excluding carboxylic acids is 1. The van der Waals surface area contributed by atoms with E-state index in [-0.39, 0.29) is 22.6 Å². The van der Waals surface area contributed by atoms with Crippen LogP contribution >= 0.6 is 0 Å². The summed E-state index contributed by atoms with van der Waals surface area (Å²) < 4.78 is 4.85. The number of benzene rings is 1. The van der Waals surface area contributed by atoms with Crippen LogP contribution < -0.4 is 0 Å². The van der Waals surface area contributed by atoms with Gasteiger partial charge in [-0.15, -0.1) is 0 Å². The first-order valence-electron chi connectivity index (χ1n) is 6.07. The van der Waals surface area contributed by atoms with Crippen LogP contribution in [0.25, 0.3) is 6.08 Å². The van der Waals surface area contributed by atoms with Gasteiger partial charge >= 0.3 is 5.88 Å². The fourth-order valence-corrected chi connectivity index (χ4v) is 1.70. The van der Waals surface area contributed by atoms with Crippen LogP contribution in [0.15, 0.2) is 46.4 Å². The Balaban J connectivity index is 2.30. The number of rotatable bonds is 5. The number of furan rings is 1. The molecule has 0 atom stereocenters. The second kappa shape index (κ2) is 6.31. The Labute approximate surface area is 128 Å². The van der Waals surface area contributed by atoms with E-state index in [0.29, 0.717) is 0 Å². The first kappa shape index (κ1) is 15.6. The number of nitriles is 1. The van der Waals surface area contributed by atoms with Gasteiger partial charge in [0.2, 0.25) is 5.78 Å². The van der Waals surface area contributed by atoms with Gasteiger partial charge in [0.25, 0.3) is 5.69 Å². The number of nitro groups is 2. The zero-order valence-electron chi connectivity index (χ0n) is 11.3. The van der Waals surface area contributed by atoms with Crippen LogP contribution in [-0.4, -0.2) is 15.6 Å². The Hall–Kier alpha value is -3.80. The van der Waals surface area contributed by atoms with E-state index >= 15 is 0 Å². The van der Waals surface area contributed by atoms with Gasteiger partial charge in [-0.25, -0.2) is 0 Å². The second-order valence-electron chi connectivity index (χ2n) is 4.24. The number of nitro benzene ring substituents is 1. The molecule has 0 saturated heterocycles. The molecule has 1 aromatic carbocycles. The van der Waals surface area contributed by atoms with Crippen molar-refractivity contribution in [1.29, 1.82) is 5.26 Å². The predicted octanol–water partition coefficient (Wildman–Crippen LogP) is 2.89. The molecular weight excluding hydrogens is 306 g/mol. The maximum atomic E-state index is 12.2. The van der Waals surface area contributed by atoms with Crippen molar-refractivity contribution in [2.24, 2.45) is 0 Å². The third-order valence-electron chi connectivity index (χ3n) is 2.78. The van der Waals surface area contributed by atoms with Gasteiger partial charge in [-0.1, -0.05) is 0 Å². The lowest BCUT2D eigenvalue weighted by atomic mass is 10.0. The molecule has 0 N–H and O–H groups in total. The summed E-state index contributed by atoms with van der Waals surface area (Å²) in [5, 5.41) is 30.1. The van der Waals surface area contributed by atoms with Crippen molar-refractivity contribution in [3.63, 3.8) is 0 Å². The maximum Gasteiger partial charge on any atom is 0.433 e. The zero-order valence-corrected chi connectivity index (χ0v) is 11.3. The Morgan fingerprint density at radius 2 is 1.74 bits per heavy atom. The molecule has 0 saturated carbocycles. The predicted molar refractivity (Wildman–Crippen MR) is 76.4 cm³/mol. The quantitative estimate of drug-likeness (QED) is 0.271. The molecule has 0 aliphatic heterocycles. The minimum absolute atomic E-state index is 0.0245. The van der Waals surface area contributed by atoms with Crippen molar-refractivity contribution >= 4 is 23.4 Å². The molecule has 0 spiro atoms. The fraction of sp³-hybridized carbons (Fsp3) is 0. The Morgan fingerprint density at radius 1 is 1.09 bits per heavy atom. The van der Waals surface area contributed by atoms with Crippen LogP contribution in [0.1, 0.15) is 16.1 Å². The summed E-state index contributed by atoms with van der Waals surface area (Å²) in [5.41, 5.74) is -0.432. The molecule has 0 amide bonds. The largest absolute Gasteiger partial charge is 0.433 e. The number of carbonyl (C=O) groups is 1. The highest BCUT2D eigenvalue weighted by Crippen LogP contribution is 2.20. The van der Waals surface area contributed by atoms with Gasteiger partial charge in [0, 0.05) is 23.8 Å². The van der Waals surface area contributed by atoms with E-state index in [2.05, 4.69) is 0 Å². The lowest BCUT2D eigenvalue weighted by Gasteiger charge is -1.98. The summed E-state index contributed by atoms with van der Waals surface area (Å²) in [4.78, 5) is 31.9. The molecule has 2 rings (SSSR count). The first-order chi connectivity index (χ1) is 10.9. The number of allylic oxidation sites excluding steroid dienone is 1. The molecule has 2 aromatic rings. The van der Waals surface area contributed by atoms with E-state index in [4.69, 9.17) is 9.68 Å². The SMILES string of the molecule is N#CC(=Cc1ccc([N+](=O)[O-])o1)C(=O)c1ccc([N+](=O)[O-])cc1. The first-order valence-corrected chi connectivity index (χ1v) is 6.07. The highest BCUT2D eigenvalue weighted by atomic mass is 16.6. The zero-order chi connectivity index (χ0) is 17.0. The lowest BCUT2D eigenvalue weighted by Crippen LogP contribution is -2.02. The molecule has 1 heterocycles. The standard InChI is InChI=1S/C14H7N3O6/c15-8-10(7-12-5-6-13(23-12)17(21)22)14(18)9-1-3-11(4-2-9)16(19)20/h1-7H. The van der Waals surface area contributed by atoms with Crippen molar-refractivity contribution in [2.45, 2.75) is 0 Å². The third-order valence-corrected chi connectivity index (χ3v) is 2.78. The van der Waals surface area contributed by atoms with Gasteiger partial charge in [0.1, 0.15) is 22.3 Å². The molecule has 0 bridgehead atoms. The van der Waals surface area contributed by atoms with E-state index in [1.54, 1.807) is 6.07 Å². The topological polar surface area (TPSA) is 140 Å².